The highest BCUT2D eigenvalue weighted by atomic mass is 35.5. The Kier molecular flexibility index (Phi) is 5.12. The lowest BCUT2D eigenvalue weighted by atomic mass is 9.99. The lowest BCUT2D eigenvalue weighted by molar-refractivity contribution is 0.447. The van der Waals surface area contributed by atoms with Crippen LogP contribution in [0.1, 0.15) is 45.2 Å². The van der Waals surface area contributed by atoms with Crippen molar-refractivity contribution in [2.45, 2.75) is 39.7 Å². The van der Waals surface area contributed by atoms with E-state index in [9.17, 15) is 0 Å². The Hall–Kier alpha value is -0.730. The van der Waals surface area contributed by atoms with Crippen LogP contribution in [-0.2, 0) is 0 Å². The molecule has 0 amide bonds. The third-order valence-electron chi connectivity index (χ3n) is 3.98. The fourth-order valence-corrected chi connectivity index (χ4v) is 3.24. The van der Waals surface area contributed by atoms with E-state index in [0.717, 1.165) is 30.6 Å². The number of hydrogen-bond donors (Lipinski definition) is 1. The molecule has 0 bridgehead atoms. The smallest absolute Gasteiger partial charge is 0.0474 e. The summed E-state index contributed by atoms with van der Waals surface area (Å²) in [5.74, 6) is 0.785. The van der Waals surface area contributed by atoms with E-state index in [1.807, 2.05) is 0 Å². The molecule has 19 heavy (non-hydrogen) atoms. The minimum Gasteiger partial charge on any atom is -0.371 e. The Morgan fingerprint density at radius 3 is 2.89 bits per heavy atom. The summed E-state index contributed by atoms with van der Waals surface area (Å²) in [5, 5.41) is 4.29. The van der Waals surface area contributed by atoms with Crippen molar-refractivity contribution >= 4 is 17.3 Å². The molecule has 0 radical (unpaired) electrons. The third kappa shape index (κ3) is 3.64. The molecule has 2 atom stereocenters. The average Bonchev–Trinajstić information content (AvgIpc) is 2.38. The largest absolute Gasteiger partial charge is 0.371 e. The predicted molar refractivity (Wildman–Crippen MR) is 84.2 cm³/mol. The van der Waals surface area contributed by atoms with Crippen molar-refractivity contribution in [3.8, 4) is 0 Å². The van der Waals surface area contributed by atoms with Gasteiger partial charge in [0, 0.05) is 29.8 Å². The molecule has 1 aromatic carbocycles. The van der Waals surface area contributed by atoms with E-state index in [1.54, 1.807) is 0 Å². The Morgan fingerprint density at radius 1 is 1.47 bits per heavy atom. The maximum absolute atomic E-state index is 6.45. The van der Waals surface area contributed by atoms with Crippen LogP contribution in [0, 0.1) is 5.92 Å². The highest BCUT2D eigenvalue weighted by Gasteiger charge is 2.18. The number of halogens is 1. The maximum Gasteiger partial charge on any atom is 0.0474 e. The number of nitrogens with one attached hydrogen (secondary N) is 1. The van der Waals surface area contributed by atoms with Gasteiger partial charge in [0.25, 0.3) is 0 Å². The molecule has 1 N–H and O–H groups in total. The molecule has 1 fully saturated rings. The van der Waals surface area contributed by atoms with Crippen LogP contribution in [0.3, 0.4) is 0 Å². The van der Waals surface area contributed by atoms with E-state index in [2.05, 4.69) is 49.2 Å². The molecule has 0 spiro atoms. The van der Waals surface area contributed by atoms with Gasteiger partial charge in [-0.15, -0.1) is 0 Å². The molecule has 2 unspecified atom stereocenters. The molecule has 0 aromatic heterocycles. The number of piperidine rings is 1. The van der Waals surface area contributed by atoms with Gasteiger partial charge in [-0.3, -0.25) is 0 Å². The third-order valence-corrected chi connectivity index (χ3v) is 4.31. The highest BCUT2D eigenvalue weighted by Crippen LogP contribution is 2.30. The van der Waals surface area contributed by atoms with Gasteiger partial charge in [-0.25, -0.2) is 0 Å². The summed E-state index contributed by atoms with van der Waals surface area (Å²) in [6.45, 7) is 9.88. The quantitative estimate of drug-likeness (QED) is 0.887. The average molecular weight is 281 g/mol. The Labute approximate surface area is 122 Å². The molecule has 0 saturated carbocycles. The van der Waals surface area contributed by atoms with Gasteiger partial charge in [-0.2, -0.15) is 0 Å². The van der Waals surface area contributed by atoms with Gasteiger partial charge in [0.2, 0.25) is 0 Å². The molecular formula is C16H25ClN2. The van der Waals surface area contributed by atoms with Crippen LogP contribution in [0.5, 0.6) is 0 Å². The summed E-state index contributed by atoms with van der Waals surface area (Å²) >= 11 is 6.45. The minimum atomic E-state index is 0.312. The van der Waals surface area contributed by atoms with Gasteiger partial charge in [0.05, 0.1) is 0 Å². The molecular weight excluding hydrogens is 256 g/mol. The Bertz CT molecular complexity index is 419. The first-order valence-electron chi connectivity index (χ1n) is 7.39. The number of anilines is 1. The van der Waals surface area contributed by atoms with Crippen LogP contribution in [0.2, 0.25) is 5.02 Å². The van der Waals surface area contributed by atoms with Crippen LogP contribution in [-0.4, -0.2) is 19.6 Å². The SMILES string of the molecule is CCNC(C)c1ccc(N2CCCC(C)C2)cc1Cl. The lowest BCUT2D eigenvalue weighted by Crippen LogP contribution is -2.34. The van der Waals surface area contributed by atoms with Crippen molar-refractivity contribution in [1.82, 2.24) is 5.32 Å². The first-order chi connectivity index (χ1) is 9.11. The summed E-state index contributed by atoms with van der Waals surface area (Å²) in [4.78, 5) is 2.46. The monoisotopic (exact) mass is 280 g/mol. The van der Waals surface area contributed by atoms with E-state index in [-0.39, 0.29) is 0 Å². The molecule has 1 aliphatic heterocycles. The minimum absolute atomic E-state index is 0.312. The van der Waals surface area contributed by atoms with Crippen molar-refractivity contribution < 1.29 is 0 Å². The van der Waals surface area contributed by atoms with E-state index >= 15 is 0 Å². The van der Waals surface area contributed by atoms with Crippen molar-refractivity contribution in [3.63, 3.8) is 0 Å². The molecule has 1 saturated heterocycles. The van der Waals surface area contributed by atoms with Crippen LogP contribution in [0.25, 0.3) is 0 Å². The fraction of sp³-hybridized carbons (Fsp3) is 0.625. The first kappa shape index (κ1) is 14.7. The summed E-state index contributed by atoms with van der Waals surface area (Å²) < 4.78 is 0. The summed E-state index contributed by atoms with van der Waals surface area (Å²) in [6.07, 6.45) is 2.63. The van der Waals surface area contributed by atoms with Crippen molar-refractivity contribution in [3.05, 3.63) is 28.8 Å². The van der Waals surface area contributed by atoms with Crippen LogP contribution < -0.4 is 10.2 Å². The zero-order chi connectivity index (χ0) is 13.8. The summed E-state index contributed by atoms with van der Waals surface area (Å²) in [5.41, 5.74) is 2.46. The molecule has 0 aliphatic carbocycles. The molecule has 1 heterocycles. The van der Waals surface area contributed by atoms with Crippen molar-refractivity contribution in [2.75, 3.05) is 24.5 Å². The lowest BCUT2D eigenvalue weighted by Gasteiger charge is -2.33. The second-order valence-corrected chi connectivity index (χ2v) is 6.09. The topological polar surface area (TPSA) is 15.3 Å². The van der Waals surface area contributed by atoms with E-state index in [4.69, 9.17) is 11.6 Å². The maximum atomic E-state index is 6.45. The number of nitrogens with zero attached hydrogens (tertiary/aromatic N) is 1. The second-order valence-electron chi connectivity index (χ2n) is 5.68. The Morgan fingerprint density at radius 2 is 2.26 bits per heavy atom. The summed E-state index contributed by atoms with van der Waals surface area (Å²) in [7, 11) is 0. The predicted octanol–water partition coefficient (Wildman–Crippen LogP) is 4.25. The fourth-order valence-electron chi connectivity index (χ4n) is 2.90. The van der Waals surface area contributed by atoms with E-state index in [1.165, 1.54) is 24.1 Å². The van der Waals surface area contributed by atoms with Gasteiger partial charge in [0.1, 0.15) is 0 Å². The van der Waals surface area contributed by atoms with Crippen LogP contribution in [0.15, 0.2) is 18.2 Å². The van der Waals surface area contributed by atoms with Gasteiger partial charge in [-0.05, 0) is 49.9 Å². The molecule has 2 nitrogen and oxygen atoms in total. The second kappa shape index (κ2) is 6.62. The Balaban J connectivity index is 2.14. The zero-order valence-electron chi connectivity index (χ0n) is 12.2. The van der Waals surface area contributed by atoms with Gasteiger partial charge < -0.3 is 10.2 Å². The van der Waals surface area contributed by atoms with Crippen LogP contribution >= 0.6 is 11.6 Å². The first-order valence-corrected chi connectivity index (χ1v) is 7.77. The number of rotatable bonds is 4. The normalized spacial score (nSPS) is 21.5. The van der Waals surface area contributed by atoms with Crippen LogP contribution in [0.4, 0.5) is 5.69 Å². The molecule has 3 heteroatoms. The molecule has 1 aliphatic rings. The molecule has 2 rings (SSSR count). The van der Waals surface area contributed by atoms with Crippen molar-refractivity contribution in [2.24, 2.45) is 5.92 Å². The highest BCUT2D eigenvalue weighted by molar-refractivity contribution is 6.31. The molecule has 1 aromatic rings. The van der Waals surface area contributed by atoms with Gasteiger partial charge >= 0.3 is 0 Å². The summed E-state index contributed by atoms with van der Waals surface area (Å²) in [6, 6.07) is 6.83. The number of benzene rings is 1. The van der Waals surface area contributed by atoms with Gasteiger partial charge in [0.15, 0.2) is 0 Å². The van der Waals surface area contributed by atoms with E-state index in [0.29, 0.717) is 6.04 Å². The van der Waals surface area contributed by atoms with Gasteiger partial charge in [-0.1, -0.05) is 31.5 Å². The zero-order valence-corrected chi connectivity index (χ0v) is 13.0. The standard InChI is InChI=1S/C16H25ClN2/c1-4-18-13(3)15-8-7-14(10-16(15)17)19-9-5-6-12(2)11-19/h7-8,10,12-13,18H,4-6,9,11H2,1-3H3. The molecule has 106 valence electrons. The van der Waals surface area contributed by atoms with Crippen molar-refractivity contribution in [1.29, 1.82) is 0 Å². The van der Waals surface area contributed by atoms with E-state index < -0.39 is 0 Å². The number of hydrogen-bond acceptors (Lipinski definition) is 2.